The summed E-state index contributed by atoms with van der Waals surface area (Å²) >= 11 is 0. The number of fused-ring (bicyclic) bond motifs is 1. The highest BCUT2D eigenvalue weighted by atomic mass is 16.5. The van der Waals surface area contributed by atoms with Crippen molar-refractivity contribution in [3.63, 3.8) is 0 Å². The summed E-state index contributed by atoms with van der Waals surface area (Å²) in [7, 11) is 6.02. The molecule has 0 amide bonds. The highest BCUT2D eigenvalue weighted by molar-refractivity contribution is 5.98. The number of likely N-dealkylation sites (tertiary alicyclic amines) is 1. The van der Waals surface area contributed by atoms with Crippen LogP contribution in [-0.4, -0.2) is 60.2 Å². The monoisotopic (exact) mass is 581 g/mol. The average Bonchev–Trinajstić information content (AvgIpc) is 3.02. The van der Waals surface area contributed by atoms with Gasteiger partial charge in [-0.25, -0.2) is 15.0 Å². The van der Waals surface area contributed by atoms with E-state index in [1.54, 1.807) is 12.5 Å². The molecule has 2 N–H and O–H groups in total. The SMILES string of the molecule is C=CN(C)c1ccc(Oc2ccc(Nc3ncnc4cnc(NC)c(OC5CCN(C)CC5)c34)cc2C)cc1C(C)CC. The summed E-state index contributed by atoms with van der Waals surface area (Å²) in [5, 5.41) is 7.50. The number of aromatic nitrogens is 3. The van der Waals surface area contributed by atoms with E-state index in [-0.39, 0.29) is 6.10 Å². The molecule has 9 nitrogen and oxygen atoms in total. The van der Waals surface area contributed by atoms with Crippen molar-refractivity contribution in [1.29, 1.82) is 0 Å². The Balaban J connectivity index is 1.42. The molecule has 1 saturated heterocycles. The molecule has 1 atom stereocenters. The van der Waals surface area contributed by atoms with Gasteiger partial charge in [-0.1, -0.05) is 20.4 Å². The van der Waals surface area contributed by atoms with Crippen molar-refractivity contribution >= 4 is 33.9 Å². The van der Waals surface area contributed by atoms with Gasteiger partial charge in [-0.3, -0.25) is 0 Å². The van der Waals surface area contributed by atoms with Crippen molar-refractivity contribution in [2.75, 3.05) is 49.8 Å². The van der Waals surface area contributed by atoms with Crippen LogP contribution in [-0.2, 0) is 0 Å². The Bertz CT molecular complexity index is 1580. The van der Waals surface area contributed by atoms with Crippen molar-refractivity contribution in [2.45, 2.75) is 52.1 Å². The number of benzene rings is 2. The van der Waals surface area contributed by atoms with Crippen LogP contribution < -0.4 is 25.0 Å². The van der Waals surface area contributed by atoms with Gasteiger partial charge in [-0.05, 0) is 92.9 Å². The van der Waals surface area contributed by atoms with Gasteiger partial charge in [0.05, 0.1) is 17.1 Å². The van der Waals surface area contributed by atoms with Crippen LogP contribution in [0.25, 0.3) is 10.9 Å². The lowest BCUT2D eigenvalue weighted by Gasteiger charge is -2.30. The van der Waals surface area contributed by atoms with E-state index < -0.39 is 0 Å². The zero-order chi connectivity index (χ0) is 30.5. The fraction of sp³-hybridized carbons (Fsp3) is 0.382. The van der Waals surface area contributed by atoms with Crippen molar-refractivity contribution in [3.05, 3.63) is 72.8 Å². The second-order valence-electron chi connectivity index (χ2n) is 11.3. The first-order valence-corrected chi connectivity index (χ1v) is 15.0. The summed E-state index contributed by atoms with van der Waals surface area (Å²) in [5.74, 6) is 4.02. The van der Waals surface area contributed by atoms with Crippen LogP contribution in [0.3, 0.4) is 0 Å². The summed E-state index contributed by atoms with van der Waals surface area (Å²) in [6.45, 7) is 12.4. The van der Waals surface area contributed by atoms with Gasteiger partial charge in [0.25, 0.3) is 0 Å². The van der Waals surface area contributed by atoms with Crippen molar-refractivity contribution in [1.82, 2.24) is 19.9 Å². The van der Waals surface area contributed by atoms with Gasteiger partial charge in [0.1, 0.15) is 29.7 Å². The van der Waals surface area contributed by atoms with Crippen molar-refractivity contribution in [3.8, 4) is 17.2 Å². The Morgan fingerprint density at radius 3 is 2.60 bits per heavy atom. The second kappa shape index (κ2) is 13.3. The van der Waals surface area contributed by atoms with Gasteiger partial charge in [0.15, 0.2) is 11.6 Å². The normalized spacial score (nSPS) is 14.7. The number of aryl methyl sites for hydroxylation is 1. The quantitative estimate of drug-likeness (QED) is 0.187. The first-order valence-electron chi connectivity index (χ1n) is 15.0. The fourth-order valence-electron chi connectivity index (χ4n) is 5.42. The molecule has 5 rings (SSSR count). The summed E-state index contributed by atoms with van der Waals surface area (Å²) in [6, 6.07) is 12.3. The Hall–Kier alpha value is -4.37. The number of pyridine rings is 1. The Labute approximate surface area is 255 Å². The van der Waals surface area contributed by atoms with Crippen LogP contribution in [0.5, 0.6) is 17.2 Å². The molecule has 1 aliphatic rings. The van der Waals surface area contributed by atoms with Crippen molar-refractivity contribution in [2.24, 2.45) is 0 Å². The lowest BCUT2D eigenvalue weighted by atomic mass is 9.96. The molecule has 43 heavy (non-hydrogen) atoms. The largest absolute Gasteiger partial charge is 0.486 e. The highest BCUT2D eigenvalue weighted by Gasteiger charge is 2.23. The number of hydrogen-bond donors (Lipinski definition) is 2. The van der Waals surface area contributed by atoms with E-state index in [4.69, 9.17) is 9.47 Å². The predicted molar refractivity (Wildman–Crippen MR) is 176 cm³/mol. The first-order chi connectivity index (χ1) is 20.8. The standard InChI is InChI=1S/C34H43N7O2/c1-8-22(3)27-19-26(11-12-29(27)41(7)9-2)42-30-13-10-24(18-23(30)4)39-33-31-28(37-21-38-33)20-36-34(35-5)32(31)43-25-14-16-40(6)17-15-25/h9-13,18-22,25H,2,8,14-17H2,1,3-7H3,(H,35,36)(H,37,38,39). The molecular weight excluding hydrogens is 538 g/mol. The van der Waals surface area contributed by atoms with Crippen LogP contribution in [0.2, 0.25) is 0 Å². The maximum absolute atomic E-state index is 6.59. The van der Waals surface area contributed by atoms with Gasteiger partial charge in [0, 0.05) is 38.6 Å². The van der Waals surface area contributed by atoms with Gasteiger partial charge in [-0.15, -0.1) is 0 Å². The Kier molecular flexibility index (Phi) is 9.31. The Morgan fingerprint density at radius 1 is 1.12 bits per heavy atom. The van der Waals surface area contributed by atoms with E-state index in [9.17, 15) is 0 Å². The zero-order valence-electron chi connectivity index (χ0n) is 26.1. The molecule has 4 aromatic rings. The van der Waals surface area contributed by atoms with Gasteiger partial charge in [0.2, 0.25) is 0 Å². The molecule has 0 bridgehead atoms. The molecule has 0 spiro atoms. The topological polar surface area (TPSA) is 87.7 Å². The molecule has 0 saturated carbocycles. The van der Waals surface area contributed by atoms with Gasteiger partial charge in [-0.2, -0.15) is 0 Å². The summed E-state index contributed by atoms with van der Waals surface area (Å²) in [6.07, 6.45) is 8.20. The number of ether oxygens (including phenoxy) is 2. The molecule has 0 radical (unpaired) electrons. The van der Waals surface area contributed by atoms with Gasteiger partial charge >= 0.3 is 0 Å². The maximum atomic E-state index is 6.59. The minimum absolute atomic E-state index is 0.106. The van der Waals surface area contributed by atoms with E-state index in [2.05, 4.69) is 76.2 Å². The zero-order valence-corrected chi connectivity index (χ0v) is 26.1. The Morgan fingerprint density at radius 2 is 1.91 bits per heavy atom. The van der Waals surface area contributed by atoms with Crippen LogP contribution in [0.1, 0.15) is 50.2 Å². The van der Waals surface area contributed by atoms with E-state index in [1.807, 2.05) is 50.3 Å². The minimum atomic E-state index is 0.106. The lowest BCUT2D eigenvalue weighted by Crippen LogP contribution is -2.35. The number of anilines is 4. The molecule has 2 aromatic carbocycles. The van der Waals surface area contributed by atoms with E-state index in [1.165, 1.54) is 5.56 Å². The van der Waals surface area contributed by atoms with Crippen LogP contribution >= 0.6 is 0 Å². The third-order valence-corrected chi connectivity index (χ3v) is 8.28. The van der Waals surface area contributed by atoms with E-state index in [0.29, 0.717) is 23.3 Å². The van der Waals surface area contributed by atoms with E-state index >= 15 is 0 Å². The van der Waals surface area contributed by atoms with Crippen LogP contribution in [0.15, 0.2) is 61.7 Å². The molecule has 0 aliphatic carbocycles. The van der Waals surface area contributed by atoms with Crippen LogP contribution in [0.4, 0.5) is 23.0 Å². The summed E-state index contributed by atoms with van der Waals surface area (Å²) < 4.78 is 13.0. The molecule has 2 aromatic heterocycles. The number of piperidine rings is 1. The average molecular weight is 582 g/mol. The molecule has 9 heteroatoms. The lowest BCUT2D eigenvalue weighted by molar-refractivity contribution is 0.116. The minimum Gasteiger partial charge on any atom is -0.486 e. The molecule has 3 heterocycles. The molecule has 1 unspecified atom stereocenters. The number of rotatable bonds is 11. The molecule has 1 fully saturated rings. The van der Waals surface area contributed by atoms with Crippen molar-refractivity contribution < 1.29 is 9.47 Å². The summed E-state index contributed by atoms with van der Waals surface area (Å²) in [5.41, 5.74) is 4.99. The third kappa shape index (κ3) is 6.67. The maximum Gasteiger partial charge on any atom is 0.175 e. The fourth-order valence-corrected chi connectivity index (χ4v) is 5.42. The predicted octanol–water partition coefficient (Wildman–Crippen LogP) is 7.48. The first kappa shape index (κ1) is 30.1. The smallest absolute Gasteiger partial charge is 0.175 e. The number of nitrogens with zero attached hydrogens (tertiary/aromatic N) is 5. The molecule has 1 aliphatic heterocycles. The van der Waals surface area contributed by atoms with Gasteiger partial charge < -0.3 is 29.9 Å². The molecular formula is C34H43N7O2. The van der Waals surface area contributed by atoms with E-state index in [0.717, 1.165) is 71.7 Å². The summed E-state index contributed by atoms with van der Waals surface area (Å²) in [4.78, 5) is 18.1. The highest BCUT2D eigenvalue weighted by Crippen LogP contribution is 2.39. The third-order valence-electron chi connectivity index (χ3n) is 8.28. The van der Waals surface area contributed by atoms with Crippen LogP contribution in [0, 0.1) is 6.92 Å². The number of hydrogen-bond acceptors (Lipinski definition) is 9. The second-order valence-corrected chi connectivity index (χ2v) is 11.3. The molecule has 226 valence electrons. The number of nitrogens with one attached hydrogen (secondary N) is 2.